The predicted octanol–water partition coefficient (Wildman–Crippen LogP) is 1.39. The molecule has 26 heavy (non-hydrogen) atoms. The summed E-state index contributed by atoms with van der Waals surface area (Å²) in [7, 11) is 0. The van der Waals surface area contributed by atoms with Gasteiger partial charge in [0.2, 0.25) is 0 Å². The molecule has 2 N–H and O–H groups in total. The van der Waals surface area contributed by atoms with E-state index < -0.39 is 6.10 Å². The quantitative estimate of drug-likeness (QED) is 0.769. The summed E-state index contributed by atoms with van der Waals surface area (Å²) in [6.45, 7) is 23.2. The van der Waals surface area contributed by atoms with E-state index in [1.165, 1.54) is 13.1 Å². The van der Waals surface area contributed by atoms with E-state index in [2.05, 4.69) is 56.7 Å². The molecule has 2 heterocycles. The number of hydrogen-bond donors (Lipinski definition) is 2. The normalized spacial score (nSPS) is 21.8. The molecule has 0 bridgehead atoms. The third kappa shape index (κ3) is 7.51. The molecular formula is C20H42N4O2. The summed E-state index contributed by atoms with van der Waals surface area (Å²) in [4.78, 5) is 18.4. The SMILES string of the molecule is CC(C)(C)N1CCNCC1.CCC(O)C(=O)N1CCN(C(C)(C)C)CC1. The summed E-state index contributed by atoms with van der Waals surface area (Å²) in [5, 5.41) is 12.8. The molecule has 0 aromatic heterocycles. The minimum atomic E-state index is -0.818. The summed E-state index contributed by atoms with van der Waals surface area (Å²) >= 11 is 0. The lowest BCUT2D eigenvalue weighted by Crippen LogP contribution is -2.56. The number of piperazine rings is 2. The fraction of sp³-hybridized carbons (Fsp3) is 0.950. The molecule has 6 heteroatoms. The van der Waals surface area contributed by atoms with E-state index in [9.17, 15) is 9.90 Å². The highest BCUT2D eigenvalue weighted by Gasteiger charge is 2.29. The summed E-state index contributed by atoms with van der Waals surface area (Å²) in [6, 6.07) is 0. The zero-order valence-electron chi connectivity index (χ0n) is 18.1. The van der Waals surface area contributed by atoms with Crippen molar-refractivity contribution in [2.45, 2.75) is 72.1 Å². The number of amides is 1. The molecule has 2 saturated heterocycles. The van der Waals surface area contributed by atoms with E-state index in [0.29, 0.717) is 12.0 Å². The van der Waals surface area contributed by atoms with Crippen LogP contribution >= 0.6 is 0 Å². The maximum Gasteiger partial charge on any atom is 0.251 e. The highest BCUT2D eigenvalue weighted by Crippen LogP contribution is 2.16. The molecule has 2 rings (SSSR count). The molecular weight excluding hydrogens is 328 g/mol. The average molecular weight is 371 g/mol. The van der Waals surface area contributed by atoms with Crippen LogP contribution in [0.3, 0.4) is 0 Å². The molecule has 2 fully saturated rings. The lowest BCUT2D eigenvalue weighted by molar-refractivity contribution is -0.142. The molecule has 0 spiro atoms. The Labute approximate surface area is 160 Å². The van der Waals surface area contributed by atoms with Gasteiger partial charge in [0.1, 0.15) is 6.10 Å². The first-order valence-corrected chi connectivity index (χ1v) is 10.1. The first-order chi connectivity index (χ1) is 12.0. The first kappa shape index (κ1) is 23.3. The van der Waals surface area contributed by atoms with Gasteiger partial charge in [-0.25, -0.2) is 0 Å². The Bertz CT molecular complexity index is 415. The number of nitrogens with zero attached hydrogens (tertiary/aromatic N) is 3. The van der Waals surface area contributed by atoms with Crippen molar-refractivity contribution in [1.29, 1.82) is 0 Å². The number of carbonyl (C=O) groups is 1. The Balaban J connectivity index is 0.000000289. The molecule has 1 amide bonds. The topological polar surface area (TPSA) is 59.1 Å². The number of aliphatic hydroxyl groups excluding tert-OH is 1. The summed E-state index contributed by atoms with van der Waals surface area (Å²) in [6.07, 6.45) is -0.320. The van der Waals surface area contributed by atoms with E-state index in [1.54, 1.807) is 4.90 Å². The molecule has 1 atom stereocenters. The summed E-state index contributed by atoms with van der Waals surface area (Å²) in [5.74, 6) is -0.115. The van der Waals surface area contributed by atoms with Crippen LogP contribution in [0, 0.1) is 0 Å². The van der Waals surface area contributed by atoms with Crippen LogP contribution in [-0.4, -0.2) is 95.3 Å². The van der Waals surface area contributed by atoms with Gasteiger partial charge in [0.15, 0.2) is 0 Å². The van der Waals surface area contributed by atoms with E-state index in [0.717, 1.165) is 39.3 Å². The Hall–Kier alpha value is -0.690. The average Bonchev–Trinajstić information content (AvgIpc) is 2.60. The zero-order chi connectivity index (χ0) is 20.0. The van der Waals surface area contributed by atoms with Gasteiger partial charge in [-0.2, -0.15) is 0 Å². The predicted molar refractivity (Wildman–Crippen MR) is 108 cm³/mol. The van der Waals surface area contributed by atoms with E-state index in [4.69, 9.17) is 0 Å². The van der Waals surface area contributed by atoms with Crippen LogP contribution in [0.2, 0.25) is 0 Å². The lowest BCUT2D eigenvalue weighted by atomic mass is 10.0. The molecule has 0 aromatic carbocycles. The molecule has 154 valence electrons. The highest BCUT2D eigenvalue weighted by atomic mass is 16.3. The van der Waals surface area contributed by atoms with Crippen LogP contribution in [0.4, 0.5) is 0 Å². The minimum Gasteiger partial charge on any atom is -0.383 e. The van der Waals surface area contributed by atoms with Crippen molar-refractivity contribution >= 4 is 5.91 Å². The van der Waals surface area contributed by atoms with Gasteiger partial charge in [-0.1, -0.05) is 6.92 Å². The van der Waals surface area contributed by atoms with Crippen LogP contribution in [0.25, 0.3) is 0 Å². The molecule has 1 unspecified atom stereocenters. The Morgan fingerprint density at radius 1 is 0.885 bits per heavy atom. The maximum atomic E-state index is 11.7. The van der Waals surface area contributed by atoms with Crippen molar-refractivity contribution in [3.63, 3.8) is 0 Å². The third-order valence-electron chi connectivity index (χ3n) is 5.28. The Kier molecular flexibility index (Phi) is 9.00. The summed E-state index contributed by atoms with van der Waals surface area (Å²) < 4.78 is 0. The smallest absolute Gasteiger partial charge is 0.251 e. The van der Waals surface area contributed by atoms with Crippen LogP contribution < -0.4 is 5.32 Å². The van der Waals surface area contributed by atoms with Gasteiger partial charge in [-0.3, -0.25) is 14.6 Å². The number of rotatable bonds is 2. The molecule has 0 aromatic rings. The van der Waals surface area contributed by atoms with Crippen LogP contribution in [0.5, 0.6) is 0 Å². The first-order valence-electron chi connectivity index (χ1n) is 10.1. The maximum absolute atomic E-state index is 11.7. The summed E-state index contributed by atoms with van der Waals surface area (Å²) in [5.41, 5.74) is 0.528. The van der Waals surface area contributed by atoms with Crippen molar-refractivity contribution in [1.82, 2.24) is 20.0 Å². The second kappa shape index (κ2) is 10.0. The van der Waals surface area contributed by atoms with Gasteiger partial charge in [0.05, 0.1) is 0 Å². The molecule has 2 aliphatic rings. The van der Waals surface area contributed by atoms with E-state index in [1.807, 2.05) is 6.92 Å². The largest absolute Gasteiger partial charge is 0.383 e. The van der Waals surface area contributed by atoms with Crippen molar-refractivity contribution in [2.75, 3.05) is 52.4 Å². The number of hydrogen-bond acceptors (Lipinski definition) is 5. The number of carbonyl (C=O) groups excluding carboxylic acids is 1. The standard InChI is InChI=1S/C12H24N2O2.C8H18N2/c1-5-10(15)11(16)13-6-8-14(9-7-13)12(2,3)4;1-8(2,3)10-6-4-9-5-7-10/h10,15H,5-9H2,1-4H3;9H,4-7H2,1-3H3. The molecule has 6 nitrogen and oxygen atoms in total. The zero-order valence-corrected chi connectivity index (χ0v) is 18.1. The van der Waals surface area contributed by atoms with Gasteiger partial charge in [-0.15, -0.1) is 0 Å². The van der Waals surface area contributed by atoms with Crippen molar-refractivity contribution < 1.29 is 9.90 Å². The highest BCUT2D eigenvalue weighted by molar-refractivity contribution is 5.80. The van der Waals surface area contributed by atoms with Crippen LogP contribution in [0.15, 0.2) is 0 Å². The molecule has 0 saturated carbocycles. The van der Waals surface area contributed by atoms with Gasteiger partial charge < -0.3 is 15.3 Å². The fourth-order valence-corrected chi connectivity index (χ4v) is 3.32. The van der Waals surface area contributed by atoms with E-state index in [-0.39, 0.29) is 11.4 Å². The van der Waals surface area contributed by atoms with Gasteiger partial charge >= 0.3 is 0 Å². The van der Waals surface area contributed by atoms with Crippen LogP contribution in [0.1, 0.15) is 54.9 Å². The fourth-order valence-electron chi connectivity index (χ4n) is 3.32. The number of aliphatic hydroxyl groups is 1. The lowest BCUT2D eigenvalue weighted by Gasteiger charge is -2.42. The Morgan fingerprint density at radius 3 is 1.65 bits per heavy atom. The van der Waals surface area contributed by atoms with E-state index >= 15 is 0 Å². The van der Waals surface area contributed by atoms with Crippen molar-refractivity contribution in [3.05, 3.63) is 0 Å². The van der Waals surface area contributed by atoms with Crippen molar-refractivity contribution in [2.24, 2.45) is 0 Å². The second-order valence-electron chi connectivity index (χ2n) is 9.32. The van der Waals surface area contributed by atoms with Gasteiger partial charge in [0.25, 0.3) is 5.91 Å². The second-order valence-corrected chi connectivity index (χ2v) is 9.32. The monoisotopic (exact) mass is 370 g/mol. The molecule has 2 aliphatic heterocycles. The molecule has 0 radical (unpaired) electrons. The van der Waals surface area contributed by atoms with Gasteiger partial charge in [-0.05, 0) is 48.0 Å². The number of nitrogens with one attached hydrogen (secondary N) is 1. The Morgan fingerprint density at radius 2 is 1.31 bits per heavy atom. The van der Waals surface area contributed by atoms with Crippen molar-refractivity contribution in [3.8, 4) is 0 Å². The van der Waals surface area contributed by atoms with Crippen LogP contribution in [-0.2, 0) is 4.79 Å². The third-order valence-corrected chi connectivity index (χ3v) is 5.28. The molecule has 0 aliphatic carbocycles. The van der Waals surface area contributed by atoms with Gasteiger partial charge in [0, 0.05) is 63.4 Å². The minimum absolute atomic E-state index is 0.115.